The topological polar surface area (TPSA) is 79.5 Å². The van der Waals surface area contributed by atoms with Crippen molar-refractivity contribution in [1.82, 2.24) is 9.88 Å². The van der Waals surface area contributed by atoms with E-state index < -0.39 is 6.10 Å². The van der Waals surface area contributed by atoms with Crippen molar-refractivity contribution >= 4 is 5.91 Å². The van der Waals surface area contributed by atoms with E-state index in [1.165, 1.54) is 0 Å². The number of β-amino-alcohol motifs (C(OH)–C–C–N with tert-alkyl or cyclic N) is 1. The molecule has 1 aliphatic heterocycles. The number of carbonyl (C=O) groups is 1. The highest BCUT2D eigenvalue weighted by Crippen LogP contribution is 2.19. The van der Waals surface area contributed by atoms with E-state index in [-0.39, 0.29) is 18.4 Å². The highest BCUT2D eigenvalue weighted by molar-refractivity contribution is 5.96. The third-order valence-electron chi connectivity index (χ3n) is 3.58. The lowest BCUT2D eigenvalue weighted by Crippen LogP contribution is -2.46. The lowest BCUT2D eigenvalue weighted by molar-refractivity contribution is 0.0248. The van der Waals surface area contributed by atoms with Crippen LogP contribution in [0.2, 0.25) is 0 Å². The number of carbonyl (C=O) groups excluding carboxylic acids is 1. The fraction of sp³-hybridized carbons (Fsp3) is 0.467. The normalized spacial score (nSPS) is 22.1. The van der Waals surface area contributed by atoms with Crippen molar-refractivity contribution < 1.29 is 9.90 Å². The van der Waals surface area contributed by atoms with Crippen LogP contribution in [0.15, 0.2) is 18.5 Å². The van der Waals surface area contributed by atoms with E-state index in [4.69, 9.17) is 5.73 Å². The average Bonchev–Trinajstić information content (AvgIpc) is 2.47. The Bertz CT molecular complexity index is 548. The zero-order valence-corrected chi connectivity index (χ0v) is 11.5. The van der Waals surface area contributed by atoms with Crippen LogP contribution in [0, 0.1) is 17.8 Å². The number of pyridine rings is 1. The zero-order chi connectivity index (χ0) is 14.5. The lowest BCUT2D eigenvalue weighted by atomic mass is 9.95. The Morgan fingerprint density at radius 2 is 2.45 bits per heavy atom. The number of nitrogens with two attached hydrogens (primary N) is 1. The predicted molar refractivity (Wildman–Crippen MR) is 75.9 cm³/mol. The molecule has 2 atom stereocenters. The van der Waals surface area contributed by atoms with Gasteiger partial charge in [0, 0.05) is 25.5 Å². The summed E-state index contributed by atoms with van der Waals surface area (Å²) in [5, 5.41) is 9.90. The number of amides is 1. The number of nitrogens with zero attached hydrogens (tertiary/aromatic N) is 2. The third-order valence-corrected chi connectivity index (χ3v) is 3.58. The molecule has 20 heavy (non-hydrogen) atoms. The van der Waals surface area contributed by atoms with Gasteiger partial charge in [-0.1, -0.05) is 18.8 Å². The van der Waals surface area contributed by atoms with Crippen molar-refractivity contribution in [3.63, 3.8) is 0 Å². The first-order valence-corrected chi connectivity index (χ1v) is 6.73. The monoisotopic (exact) mass is 273 g/mol. The molecule has 1 amide bonds. The van der Waals surface area contributed by atoms with Crippen LogP contribution in [0.4, 0.5) is 0 Å². The zero-order valence-electron chi connectivity index (χ0n) is 11.5. The Balaban J connectivity index is 2.21. The van der Waals surface area contributed by atoms with E-state index in [1.807, 2.05) is 6.92 Å². The molecular formula is C15H19N3O2. The van der Waals surface area contributed by atoms with Gasteiger partial charge in [0.15, 0.2) is 0 Å². The highest BCUT2D eigenvalue weighted by Gasteiger charge is 2.28. The van der Waals surface area contributed by atoms with Gasteiger partial charge < -0.3 is 15.7 Å². The Hall–Kier alpha value is -1.90. The number of aliphatic hydroxyl groups is 1. The summed E-state index contributed by atoms with van der Waals surface area (Å²) in [6, 6.07) is 1.66. The molecule has 0 aliphatic carbocycles. The Kier molecular flexibility index (Phi) is 4.72. The van der Waals surface area contributed by atoms with Gasteiger partial charge in [-0.2, -0.15) is 0 Å². The van der Waals surface area contributed by atoms with Crippen molar-refractivity contribution in [3.8, 4) is 11.8 Å². The Labute approximate surface area is 118 Å². The number of likely N-dealkylation sites (tertiary alicyclic amines) is 1. The smallest absolute Gasteiger partial charge is 0.255 e. The Morgan fingerprint density at radius 3 is 3.15 bits per heavy atom. The van der Waals surface area contributed by atoms with Crippen LogP contribution in [-0.2, 0) is 0 Å². The van der Waals surface area contributed by atoms with E-state index in [2.05, 4.69) is 16.8 Å². The maximum Gasteiger partial charge on any atom is 0.255 e. The standard InChI is InChI=1S/C15H19N3O2/c1-11-5-8-18(10-14(11)19)15(20)13-4-7-17-9-12(13)3-2-6-16/h4,7,9,11,14,19H,5-6,8,10,16H2,1H3. The summed E-state index contributed by atoms with van der Waals surface area (Å²) in [6.07, 6.45) is 3.48. The number of aromatic nitrogens is 1. The molecule has 106 valence electrons. The maximum absolute atomic E-state index is 12.5. The lowest BCUT2D eigenvalue weighted by Gasteiger charge is -2.34. The molecule has 1 aromatic rings. The summed E-state index contributed by atoms with van der Waals surface area (Å²) in [5.74, 6) is 5.72. The highest BCUT2D eigenvalue weighted by atomic mass is 16.3. The molecule has 0 radical (unpaired) electrons. The minimum atomic E-state index is -0.465. The predicted octanol–water partition coefficient (Wildman–Crippen LogP) is 0.235. The SMILES string of the molecule is CC1CCN(C(=O)c2ccncc2C#CCN)CC1O. The molecule has 2 heterocycles. The van der Waals surface area contributed by atoms with Gasteiger partial charge in [0.2, 0.25) is 0 Å². The van der Waals surface area contributed by atoms with Crippen LogP contribution < -0.4 is 5.73 Å². The summed E-state index contributed by atoms with van der Waals surface area (Å²) >= 11 is 0. The van der Waals surface area contributed by atoms with Crippen molar-refractivity contribution in [2.45, 2.75) is 19.4 Å². The molecule has 3 N–H and O–H groups in total. The molecule has 0 spiro atoms. The minimum Gasteiger partial charge on any atom is -0.391 e. The first-order chi connectivity index (χ1) is 9.63. The number of hydrogen-bond acceptors (Lipinski definition) is 4. The fourth-order valence-corrected chi connectivity index (χ4v) is 2.23. The van der Waals surface area contributed by atoms with E-state index in [0.717, 1.165) is 6.42 Å². The molecule has 0 saturated carbocycles. The first kappa shape index (κ1) is 14.5. The van der Waals surface area contributed by atoms with Crippen molar-refractivity contribution in [2.75, 3.05) is 19.6 Å². The van der Waals surface area contributed by atoms with Crippen LogP contribution in [0.1, 0.15) is 29.3 Å². The van der Waals surface area contributed by atoms with Gasteiger partial charge in [-0.25, -0.2) is 0 Å². The second kappa shape index (κ2) is 6.51. The number of aliphatic hydroxyl groups excluding tert-OH is 1. The number of hydrogen-bond donors (Lipinski definition) is 2. The summed E-state index contributed by atoms with van der Waals surface area (Å²) in [6.45, 7) is 3.26. The van der Waals surface area contributed by atoms with Gasteiger partial charge in [-0.3, -0.25) is 9.78 Å². The second-order valence-electron chi connectivity index (χ2n) is 5.01. The van der Waals surface area contributed by atoms with Crippen LogP contribution in [0.25, 0.3) is 0 Å². The van der Waals surface area contributed by atoms with Crippen LogP contribution in [0.5, 0.6) is 0 Å². The second-order valence-corrected chi connectivity index (χ2v) is 5.01. The molecular weight excluding hydrogens is 254 g/mol. The summed E-state index contributed by atoms with van der Waals surface area (Å²) in [4.78, 5) is 18.2. The summed E-state index contributed by atoms with van der Waals surface area (Å²) in [7, 11) is 0. The largest absolute Gasteiger partial charge is 0.391 e. The average molecular weight is 273 g/mol. The van der Waals surface area contributed by atoms with Gasteiger partial charge in [-0.05, 0) is 18.4 Å². The van der Waals surface area contributed by atoms with E-state index >= 15 is 0 Å². The molecule has 5 heteroatoms. The van der Waals surface area contributed by atoms with Gasteiger partial charge in [0.25, 0.3) is 5.91 Å². The van der Waals surface area contributed by atoms with Crippen LogP contribution >= 0.6 is 0 Å². The maximum atomic E-state index is 12.5. The van der Waals surface area contributed by atoms with Crippen LogP contribution in [-0.4, -0.2) is 46.6 Å². The molecule has 1 aliphatic rings. The summed E-state index contributed by atoms with van der Waals surface area (Å²) in [5.41, 5.74) is 6.45. The van der Waals surface area contributed by atoms with E-state index in [9.17, 15) is 9.90 Å². The molecule has 1 fully saturated rings. The quantitative estimate of drug-likeness (QED) is 0.718. The van der Waals surface area contributed by atoms with Crippen molar-refractivity contribution in [3.05, 3.63) is 29.6 Å². The fourth-order valence-electron chi connectivity index (χ4n) is 2.23. The van der Waals surface area contributed by atoms with Gasteiger partial charge in [-0.15, -0.1) is 0 Å². The van der Waals surface area contributed by atoms with E-state index in [1.54, 1.807) is 23.4 Å². The number of rotatable bonds is 1. The van der Waals surface area contributed by atoms with Crippen molar-refractivity contribution in [1.29, 1.82) is 0 Å². The third kappa shape index (κ3) is 3.16. The van der Waals surface area contributed by atoms with Gasteiger partial charge >= 0.3 is 0 Å². The first-order valence-electron chi connectivity index (χ1n) is 6.73. The summed E-state index contributed by atoms with van der Waals surface area (Å²) < 4.78 is 0. The molecule has 2 rings (SSSR count). The minimum absolute atomic E-state index is 0.111. The van der Waals surface area contributed by atoms with Crippen LogP contribution in [0.3, 0.4) is 0 Å². The molecule has 2 unspecified atom stereocenters. The van der Waals surface area contributed by atoms with Crippen molar-refractivity contribution in [2.24, 2.45) is 11.7 Å². The number of piperidine rings is 1. The van der Waals surface area contributed by atoms with Gasteiger partial charge in [0.05, 0.1) is 23.8 Å². The van der Waals surface area contributed by atoms with E-state index in [0.29, 0.717) is 24.2 Å². The Morgan fingerprint density at radius 1 is 1.65 bits per heavy atom. The molecule has 5 nitrogen and oxygen atoms in total. The molecule has 1 aromatic heterocycles. The molecule has 1 saturated heterocycles. The molecule has 0 bridgehead atoms. The molecule has 0 aromatic carbocycles. The van der Waals surface area contributed by atoms with Gasteiger partial charge in [0.1, 0.15) is 0 Å².